The third-order valence-corrected chi connectivity index (χ3v) is 5.64. The molecule has 0 amide bonds. The number of nitrogens with zero attached hydrogens (tertiary/aromatic N) is 1. The Kier molecular flexibility index (Phi) is 5.41. The molecule has 0 atom stereocenters. The van der Waals surface area contributed by atoms with Gasteiger partial charge >= 0.3 is 0 Å². The smallest absolute Gasteiger partial charge is 0.262 e. The van der Waals surface area contributed by atoms with E-state index in [2.05, 4.69) is 21.9 Å². The minimum Gasteiger partial charge on any atom is -0.340 e. The second-order valence-electron chi connectivity index (χ2n) is 6.08. The molecule has 5 nitrogen and oxygen atoms in total. The largest absolute Gasteiger partial charge is 0.340 e. The molecule has 0 fully saturated rings. The van der Waals surface area contributed by atoms with Crippen molar-refractivity contribution in [1.29, 1.82) is 0 Å². The molecule has 1 heterocycles. The maximum Gasteiger partial charge on any atom is 0.262 e. The molecule has 0 spiro atoms. The summed E-state index contributed by atoms with van der Waals surface area (Å²) in [7, 11) is -3.82. The molecule has 140 valence electrons. The average molecular weight is 385 g/mol. The summed E-state index contributed by atoms with van der Waals surface area (Å²) in [5.41, 5.74) is 2.79. The van der Waals surface area contributed by atoms with Gasteiger partial charge in [0.2, 0.25) is 0 Å². The lowest BCUT2D eigenvalue weighted by atomic mass is 10.1. The van der Waals surface area contributed by atoms with Crippen molar-refractivity contribution in [3.8, 4) is 0 Å². The molecule has 0 saturated heterocycles. The molecule has 2 aromatic carbocycles. The van der Waals surface area contributed by atoms with E-state index in [1.165, 1.54) is 18.3 Å². The topological polar surface area (TPSA) is 71.1 Å². The van der Waals surface area contributed by atoms with E-state index in [9.17, 15) is 12.8 Å². The first-order valence-electron chi connectivity index (χ1n) is 8.49. The maximum atomic E-state index is 13.2. The molecule has 0 aliphatic rings. The Morgan fingerprint density at radius 2 is 1.85 bits per heavy atom. The van der Waals surface area contributed by atoms with E-state index >= 15 is 0 Å². The predicted molar refractivity (Wildman–Crippen MR) is 105 cm³/mol. The van der Waals surface area contributed by atoms with Crippen molar-refractivity contribution in [2.75, 3.05) is 10.0 Å². The van der Waals surface area contributed by atoms with Crippen molar-refractivity contribution in [2.45, 2.75) is 25.2 Å². The van der Waals surface area contributed by atoms with Gasteiger partial charge in [0.25, 0.3) is 10.0 Å². The molecule has 3 rings (SSSR count). The monoisotopic (exact) mass is 385 g/mol. The van der Waals surface area contributed by atoms with E-state index in [0.29, 0.717) is 17.1 Å². The number of aryl methyl sites for hydroxylation is 2. The van der Waals surface area contributed by atoms with Crippen LogP contribution >= 0.6 is 0 Å². The van der Waals surface area contributed by atoms with Gasteiger partial charge in [-0.05, 0) is 60.9 Å². The lowest BCUT2D eigenvalue weighted by Crippen LogP contribution is -2.14. The van der Waals surface area contributed by atoms with Gasteiger partial charge in [0.1, 0.15) is 11.6 Å². The average Bonchev–Trinajstić information content (AvgIpc) is 2.63. The van der Waals surface area contributed by atoms with Crippen molar-refractivity contribution >= 4 is 27.2 Å². The highest BCUT2D eigenvalue weighted by molar-refractivity contribution is 7.92. The number of sulfonamides is 1. The van der Waals surface area contributed by atoms with Crippen molar-refractivity contribution in [3.05, 3.63) is 77.7 Å². The molecule has 3 aromatic rings. The zero-order valence-electron chi connectivity index (χ0n) is 15.0. The molecule has 0 radical (unpaired) electrons. The Bertz CT molecular complexity index is 1050. The van der Waals surface area contributed by atoms with Crippen LogP contribution in [0.1, 0.15) is 18.1 Å². The highest BCUT2D eigenvalue weighted by Crippen LogP contribution is 2.23. The molecule has 7 heteroatoms. The van der Waals surface area contributed by atoms with Crippen LogP contribution in [0.25, 0.3) is 0 Å². The van der Waals surface area contributed by atoms with Crippen molar-refractivity contribution < 1.29 is 12.8 Å². The Morgan fingerprint density at radius 1 is 1.07 bits per heavy atom. The molecule has 0 aliphatic carbocycles. The van der Waals surface area contributed by atoms with Gasteiger partial charge in [-0.3, -0.25) is 4.72 Å². The Morgan fingerprint density at radius 3 is 2.52 bits per heavy atom. The molecule has 1 aromatic heterocycles. The summed E-state index contributed by atoms with van der Waals surface area (Å²) in [6, 6.07) is 14.8. The van der Waals surface area contributed by atoms with Crippen LogP contribution < -0.4 is 10.0 Å². The quantitative estimate of drug-likeness (QED) is 0.649. The summed E-state index contributed by atoms with van der Waals surface area (Å²) >= 11 is 0. The van der Waals surface area contributed by atoms with Gasteiger partial charge in [-0.15, -0.1) is 0 Å². The number of hydrogen-bond donors (Lipinski definition) is 2. The van der Waals surface area contributed by atoms with Crippen LogP contribution in [0, 0.1) is 12.7 Å². The number of halogens is 1. The van der Waals surface area contributed by atoms with E-state index in [-0.39, 0.29) is 4.90 Å². The third kappa shape index (κ3) is 4.43. The van der Waals surface area contributed by atoms with E-state index in [4.69, 9.17) is 0 Å². The van der Waals surface area contributed by atoms with E-state index < -0.39 is 15.8 Å². The van der Waals surface area contributed by atoms with E-state index in [1.807, 2.05) is 24.3 Å². The molecule has 0 aliphatic heterocycles. The number of rotatable bonds is 6. The van der Waals surface area contributed by atoms with Gasteiger partial charge in [-0.2, -0.15) is 0 Å². The molecular weight excluding hydrogens is 365 g/mol. The van der Waals surface area contributed by atoms with Crippen LogP contribution in [0.2, 0.25) is 0 Å². The second kappa shape index (κ2) is 7.75. The minimum absolute atomic E-state index is 0.0305. The predicted octanol–water partition coefficient (Wildman–Crippen LogP) is 4.64. The van der Waals surface area contributed by atoms with Gasteiger partial charge in [0, 0.05) is 5.69 Å². The fourth-order valence-corrected chi connectivity index (χ4v) is 4.01. The summed E-state index contributed by atoms with van der Waals surface area (Å²) in [4.78, 5) is 4.30. The highest BCUT2D eigenvalue weighted by atomic mass is 32.2. The van der Waals surface area contributed by atoms with Crippen molar-refractivity contribution in [3.63, 3.8) is 0 Å². The summed E-state index contributed by atoms with van der Waals surface area (Å²) in [6.07, 6.45) is 2.32. The molecule has 2 N–H and O–H groups in total. The normalized spacial score (nSPS) is 11.2. The van der Waals surface area contributed by atoms with Crippen LogP contribution in [0.5, 0.6) is 0 Å². The van der Waals surface area contributed by atoms with Crippen LogP contribution in [-0.2, 0) is 16.4 Å². The summed E-state index contributed by atoms with van der Waals surface area (Å²) < 4.78 is 40.7. The van der Waals surface area contributed by atoms with Gasteiger partial charge in [-0.25, -0.2) is 17.8 Å². The Balaban J connectivity index is 1.77. The highest BCUT2D eigenvalue weighted by Gasteiger charge is 2.17. The fourth-order valence-electron chi connectivity index (χ4n) is 2.74. The van der Waals surface area contributed by atoms with Crippen LogP contribution in [-0.4, -0.2) is 13.4 Å². The number of aromatic nitrogens is 1. The van der Waals surface area contributed by atoms with Crippen molar-refractivity contribution in [2.24, 2.45) is 0 Å². The Labute approximate surface area is 158 Å². The lowest BCUT2D eigenvalue weighted by molar-refractivity contribution is 0.598. The first-order valence-corrected chi connectivity index (χ1v) is 9.97. The van der Waals surface area contributed by atoms with Crippen LogP contribution in [0.15, 0.2) is 65.7 Å². The number of pyridine rings is 1. The van der Waals surface area contributed by atoms with Crippen LogP contribution in [0.4, 0.5) is 21.6 Å². The van der Waals surface area contributed by atoms with Gasteiger partial charge in [0.15, 0.2) is 0 Å². The molecule has 0 saturated carbocycles. The first kappa shape index (κ1) is 18.8. The van der Waals surface area contributed by atoms with Gasteiger partial charge in [-0.1, -0.05) is 25.1 Å². The van der Waals surface area contributed by atoms with E-state index in [0.717, 1.165) is 23.7 Å². The number of anilines is 3. The number of hydrogen-bond acceptors (Lipinski definition) is 4. The molecule has 0 bridgehead atoms. The molecule has 27 heavy (non-hydrogen) atoms. The molecule has 0 unspecified atom stereocenters. The number of nitrogens with one attached hydrogen (secondary N) is 2. The molecular formula is C20H20FN3O2S. The van der Waals surface area contributed by atoms with Gasteiger partial charge in [0.05, 0.1) is 16.8 Å². The Hall–Kier alpha value is -2.93. The lowest BCUT2D eigenvalue weighted by Gasteiger charge is -2.12. The second-order valence-corrected chi connectivity index (χ2v) is 7.73. The van der Waals surface area contributed by atoms with E-state index in [1.54, 1.807) is 19.1 Å². The number of benzene rings is 2. The van der Waals surface area contributed by atoms with Crippen LogP contribution in [0.3, 0.4) is 0 Å². The minimum atomic E-state index is -3.82. The first-order chi connectivity index (χ1) is 12.9. The zero-order chi connectivity index (χ0) is 19.4. The van der Waals surface area contributed by atoms with Gasteiger partial charge < -0.3 is 5.32 Å². The summed E-state index contributed by atoms with van der Waals surface area (Å²) in [5.74, 6) is 0.132. The summed E-state index contributed by atoms with van der Waals surface area (Å²) in [5, 5.41) is 3.23. The standard InChI is InChI=1S/C20H20FN3O2S/c1-3-15-6-4-5-7-18(15)23-20-11-9-17(13-22-20)24-27(25,26)19-10-8-16(21)12-14(19)2/h4-13,24H,3H2,1-2H3,(H,22,23). The number of para-hydroxylation sites is 1. The maximum absolute atomic E-state index is 13.2. The van der Waals surface area contributed by atoms with Crippen molar-refractivity contribution in [1.82, 2.24) is 4.98 Å². The SMILES string of the molecule is CCc1ccccc1Nc1ccc(NS(=O)(=O)c2ccc(F)cc2C)cn1. The third-order valence-electron chi connectivity index (χ3n) is 4.10. The zero-order valence-corrected chi connectivity index (χ0v) is 15.8. The summed E-state index contributed by atoms with van der Waals surface area (Å²) in [6.45, 7) is 3.62. The fraction of sp³-hybridized carbons (Fsp3) is 0.150.